The minimum Gasteiger partial charge on any atom is -0.0914 e. The van der Waals surface area contributed by atoms with Gasteiger partial charge in [0.25, 0.3) is 0 Å². The molecule has 0 aromatic rings. The van der Waals surface area contributed by atoms with Gasteiger partial charge in [-0.3, -0.25) is 0 Å². The molecule has 0 aliphatic heterocycles. The Morgan fingerprint density at radius 1 is 1.17 bits per heavy atom. The van der Waals surface area contributed by atoms with E-state index in [-0.39, 0.29) is 0 Å². The van der Waals surface area contributed by atoms with Gasteiger partial charge >= 0.3 is 0 Å². The summed E-state index contributed by atoms with van der Waals surface area (Å²) >= 11 is 0. The second kappa shape index (κ2) is 2.90. The molecule has 0 aromatic heterocycles. The molecule has 0 aromatic carbocycles. The van der Waals surface area contributed by atoms with Crippen LogP contribution < -0.4 is 0 Å². The molecule has 4 atom stereocenters. The Bertz CT molecular complexity index is 190. The second-order valence-electron chi connectivity index (χ2n) is 4.90. The van der Waals surface area contributed by atoms with Gasteiger partial charge in [-0.1, -0.05) is 26.0 Å². The van der Waals surface area contributed by atoms with Gasteiger partial charge in [0.05, 0.1) is 0 Å². The van der Waals surface area contributed by atoms with Gasteiger partial charge in [0.1, 0.15) is 0 Å². The minimum absolute atomic E-state index is 0.932. The lowest BCUT2D eigenvalue weighted by Crippen LogP contribution is -1.94. The van der Waals surface area contributed by atoms with E-state index in [4.69, 9.17) is 0 Å². The predicted octanol–water partition coefficient (Wildman–Crippen LogP) is 3.49. The number of rotatable bonds is 3. The van der Waals surface area contributed by atoms with Crippen LogP contribution in [0.3, 0.4) is 0 Å². The van der Waals surface area contributed by atoms with Crippen molar-refractivity contribution >= 4 is 0 Å². The van der Waals surface area contributed by atoms with Crippen molar-refractivity contribution in [3.8, 4) is 0 Å². The highest BCUT2D eigenvalue weighted by Crippen LogP contribution is 2.60. The average Bonchev–Trinajstić information content (AvgIpc) is 2.79. The van der Waals surface area contributed by atoms with Crippen molar-refractivity contribution < 1.29 is 0 Å². The molecule has 2 aliphatic rings. The third-order valence-corrected chi connectivity index (χ3v) is 3.63. The summed E-state index contributed by atoms with van der Waals surface area (Å²) in [4.78, 5) is 0. The van der Waals surface area contributed by atoms with Crippen LogP contribution in [0.4, 0.5) is 0 Å². The van der Waals surface area contributed by atoms with Crippen LogP contribution >= 0.6 is 0 Å². The number of allylic oxidation sites excluding steroid dienone is 2. The maximum Gasteiger partial charge on any atom is -0.0199 e. The fourth-order valence-corrected chi connectivity index (χ4v) is 2.69. The first-order valence-electron chi connectivity index (χ1n) is 5.37. The summed E-state index contributed by atoms with van der Waals surface area (Å²) in [5.74, 6) is 5.15. The summed E-state index contributed by atoms with van der Waals surface area (Å²) in [6, 6.07) is 0. The lowest BCUT2D eigenvalue weighted by atomic mass is 10.0. The van der Waals surface area contributed by atoms with Crippen molar-refractivity contribution in [1.82, 2.24) is 0 Å². The van der Waals surface area contributed by atoms with Crippen molar-refractivity contribution in [2.24, 2.45) is 29.6 Å². The van der Waals surface area contributed by atoms with Crippen LogP contribution in [0.15, 0.2) is 12.2 Å². The second-order valence-corrected chi connectivity index (χ2v) is 4.90. The maximum absolute atomic E-state index is 2.40. The monoisotopic (exact) mass is 164 g/mol. The van der Waals surface area contributed by atoms with Gasteiger partial charge < -0.3 is 0 Å². The van der Waals surface area contributed by atoms with Gasteiger partial charge in [-0.05, 0) is 49.4 Å². The molecule has 68 valence electrons. The Morgan fingerprint density at radius 2 is 1.92 bits per heavy atom. The Hall–Kier alpha value is -0.260. The summed E-state index contributed by atoms with van der Waals surface area (Å²) in [5, 5.41) is 0. The molecule has 0 spiro atoms. The van der Waals surface area contributed by atoms with Crippen molar-refractivity contribution in [3.05, 3.63) is 12.2 Å². The van der Waals surface area contributed by atoms with Gasteiger partial charge in [-0.15, -0.1) is 0 Å². The van der Waals surface area contributed by atoms with E-state index in [1.807, 2.05) is 0 Å². The highest BCUT2D eigenvalue weighted by Gasteiger charge is 2.52. The van der Waals surface area contributed by atoms with Crippen molar-refractivity contribution in [2.75, 3.05) is 0 Å². The van der Waals surface area contributed by atoms with E-state index in [9.17, 15) is 0 Å². The van der Waals surface area contributed by atoms with E-state index in [2.05, 4.69) is 32.9 Å². The normalized spacial score (nSPS) is 45.7. The molecule has 2 fully saturated rings. The zero-order valence-electron chi connectivity index (χ0n) is 8.46. The molecule has 4 unspecified atom stereocenters. The summed E-state index contributed by atoms with van der Waals surface area (Å²) in [6.07, 6.45) is 7.63. The lowest BCUT2D eigenvalue weighted by Gasteiger charge is -2.01. The quantitative estimate of drug-likeness (QED) is 0.560. The molecule has 0 N–H and O–H groups in total. The van der Waals surface area contributed by atoms with Crippen LogP contribution in [-0.4, -0.2) is 0 Å². The zero-order chi connectivity index (χ0) is 8.72. The Morgan fingerprint density at radius 3 is 2.42 bits per heavy atom. The number of hydrogen-bond donors (Lipinski definition) is 0. The molecule has 0 radical (unpaired) electrons. The molecule has 12 heavy (non-hydrogen) atoms. The summed E-state index contributed by atoms with van der Waals surface area (Å²) in [6.45, 7) is 6.89. The Labute approximate surface area is 76.1 Å². The predicted molar refractivity (Wildman–Crippen MR) is 52.8 cm³/mol. The van der Waals surface area contributed by atoms with Gasteiger partial charge in [0.2, 0.25) is 0 Å². The van der Waals surface area contributed by atoms with Gasteiger partial charge in [-0.25, -0.2) is 0 Å². The molecule has 0 heteroatoms. The minimum atomic E-state index is 0.932. The zero-order valence-corrected chi connectivity index (χ0v) is 8.46. The van der Waals surface area contributed by atoms with E-state index < -0.39 is 0 Å². The Balaban J connectivity index is 1.77. The largest absolute Gasteiger partial charge is 0.0914 e. The third kappa shape index (κ3) is 1.44. The van der Waals surface area contributed by atoms with Crippen LogP contribution in [0.5, 0.6) is 0 Å². The molecular formula is C12H20. The van der Waals surface area contributed by atoms with Crippen molar-refractivity contribution in [2.45, 2.75) is 33.6 Å². The average molecular weight is 164 g/mol. The molecule has 0 saturated heterocycles. The molecule has 2 rings (SSSR count). The topological polar surface area (TPSA) is 0 Å². The highest BCUT2D eigenvalue weighted by atomic mass is 14.6. The van der Waals surface area contributed by atoms with E-state index in [1.54, 1.807) is 0 Å². The molecule has 0 heterocycles. The first-order valence-corrected chi connectivity index (χ1v) is 5.37. The standard InChI is InChI=1S/C12H20/c1-4-5-9-6-11(9)12-7-10(12)8(2)3/h4-5,8-12H,6-7H2,1-3H3. The van der Waals surface area contributed by atoms with E-state index in [0.717, 1.165) is 29.6 Å². The van der Waals surface area contributed by atoms with E-state index >= 15 is 0 Å². The lowest BCUT2D eigenvalue weighted by molar-refractivity contribution is 0.487. The van der Waals surface area contributed by atoms with Gasteiger partial charge in [0.15, 0.2) is 0 Å². The summed E-state index contributed by atoms with van der Waals surface area (Å²) in [5.41, 5.74) is 0. The molecule has 0 amide bonds. The van der Waals surface area contributed by atoms with Crippen LogP contribution in [0, 0.1) is 29.6 Å². The first kappa shape index (κ1) is 8.34. The molecule has 2 aliphatic carbocycles. The van der Waals surface area contributed by atoms with Gasteiger partial charge in [0, 0.05) is 0 Å². The first-order chi connectivity index (χ1) is 5.74. The fraction of sp³-hybridized carbons (Fsp3) is 0.833. The molecular weight excluding hydrogens is 144 g/mol. The molecule has 0 nitrogen and oxygen atoms in total. The molecule has 0 bridgehead atoms. The van der Waals surface area contributed by atoms with Crippen LogP contribution in [0.1, 0.15) is 33.6 Å². The van der Waals surface area contributed by atoms with Crippen molar-refractivity contribution in [3.63, 3.8) is 0 Å². The van der Waals surface area contributed by atoms with Crippen molar-refractivity contribution in [1.29, 1.82) is 0 Å². The van der Waals surface area contributed by atoms with Crippen LogP contribution in [0.25, 0.3) is 0 Å². The van der Waals surface area contributed by atoms with Crippen LogP contribution in [-0.2, 0) is 0 Å². The number of hydrogen-bond acceptors (Lipinski definition) is 0. The summed E-state index contributed by atoms with van der Waals surface area (Å²) in [7, 11) is 0. The third-order valence-electron chi connectivity index (χ3n) is 3.63. The van der Waals surface area contributed by atoms with Gasteiger partial charge in [-0.2, -0.15) is 0 Å². The van der Waals surface area contributed by atoms with E-state index in [0.29, 0.717) is 0 Å². The highest BCUT2D eigenvalue weighted by molar-refractivity contribution is 5.09. The summed E-state index contributed by atoms with van der Waals surface area (Å²) < 4.78 is 0. The smallest absolute Gasteiger partial charge is 0.0199 e. The van der Waals surface area contributed by atoms with Crippen LogP contribution in [0.2, 0.25) is 0 Å². The SMILES string of the molecule is CC=CC1CC1C1CC1C(C)C. The Kier molecular flexibility index (Phi) is 2.02. The molecule has 2 saturated carbocycles. The maximum atomic E-state index is 2.40. The fourth-order valence-electron chi connectivity index (χ4n) is 2.69. The van der Waals surface area contributed by atoms with E-state index in [1.165, 1.54) is 12.8 Å².